The third-order valence-corrected chi connectivity index (χ3v) is 5.21. The number of aliphatic hydroxyl groups is 1. The van der Waals surface area contributed by atoms with E-state index in [0.29, 0.717) is 13.0 Å². The van der Waals surface area contributed by atoms with E-state index in [4.69, 9.17) is 5.11 Å². The highest BCUT2D eigenvalue weighted by Crippen LogP contribution is 2.44. The van der Waals surface area contributed by atoms with Crippen molar-refractivity contribution in [3.8, 4) is 0 Å². The number of likely N-dealkylation sites (N-methyl/N-ethyl adjacent to an activating group) is 1. The van der Waals surface area contributed by atoms with E-state index in [1.54, 1.807) is 11.9 Å². The minimum Gasteiger partial charge on any atom is -0.481 e. The predicted molar refractivity (Wildman–Crippen MR) is 78.8 cm³/mol. The van der Waals surface area contributed by atoms with E-state index < -0.39 is 11.6 Å². The van der Waals surface area contributed by atoms with Gasteiger partial charge in [-0.15, -0.1) is 0 Å². The molecule has 0 saturated heterocycles. The Hall–Kier alpha value is -1.10. The van der Waals surface area contributed by atoms with Gasteiger partial charge in [-0.25, -0.2) is 0 Å². The molecule has 2 aliphatic carbocycles. The van der Waals surface area contributed by atoms with Crippen molar-refractivity contribution in [1.29, 1.82) is 0 Å². The molecule has 21 heavy (non-hydrogen) atoms. The standard InChI is InChI=1S/C16H27NO4/c1-17(12-16(21)8-4-5-9-16)13(18)10-15(11-14(19)20)6-2-3-7-15/h21H,2-12H2,1H3,(H,19,20). The average Bonchev–Trinajstić information content (AvgIpc) is 2.98. The highest BCUT2D eigenvalue weighted by atomic mass is 16.4. The summed E-state index contributed by atoms with van der Waals surface area (Å²) < 4.78 is 0. The molecule has 0 aromatic carbocycles. The number of carbonyl (C=O) groups excluding carboxylic acids is 1. The van der Waals surface area contributed by atoms with Crippen molar-refractivity contribution in [2.24, 2.45) is 5.41 Å². The van der Waals surface area contributed by atoms with Gasteiger partial charge in [-0.05, 0) is 31.1 Å². The van der Waals surface area contributed by atoms with Gasteiger partial charge in [0.15, 0.2) is 0 Å². The number of carboxylic acids is 1. The minimum absolute atomic E-state index is 0.0292. The first-order valence-corrected chi connectivity index (χ1v) is 8.02. The predicted octanol–water partition coefficient (Wildman–Crippen LogP) is 2.18. The molecule has 1 amide bonds. The van der Waals surface area contributed by atoms with Crippen LogP contribution in [0.3, 0.4) is 0 Å². The van der Waals surface area contributed by atoms with Gasteiger partial charge in [0.2, 0.25) is 5.91 Å². The molecule has 2 fully saturated rings. The zero-order chi connectivity index (χ0) is 15.5. The summed E-state index contributed by atoms with van der Waals surface area (Å²) in [6.07, 6.45) is 7.58. The lowest BCUT2D eigenvalue weighted by atomic mass is 9.79. The first-order chi connectivity index (χ1) is 9.84. The number of hydrogen-bond acceptors (Lipinski definition) is 3. The van der Waals surface area contributed by atoms with Crippen LogP contribution in [-0.4, -0.2) is 46.2 Å². The second-order valence-electron chi connectivity index (χ2n) is 7.14. The van der Waals surface area contributed by atoms with E-state index >= 15 is 0 Å². The Morgan fingerprint density at radius 3 is 2.05 bits per heavy atom. The van der Waals surface area contributed by atoms with Gasteiger partial charge < -0.3 is 15.1 Å². The summed E-state index contributed by atoms with van der Waals surface area (Å²) in [5.41, 5.74) is -1.10. The summed E-state index contributed by atoms with van der Waals surface area (Å²) >= 11 is 0. The lowest BCUT2D eigenvalue weighted by Crippen LogP contribution is -2.43. The van der Waals surface area contributed by atoms with Crippen molar-refractivity contribution in [2.75, 3.05) is 13.6 Å². The maximum Gasteiger partial charge on any atom is 0.303 e. The highest BCUT2D eigenvalue weighted by Gasteiger charge is 2.40. The SMILES string of the molecule is CN(CC1(O)CCCC1)C(=O)CC1(CC(=O)O)CCCC1. The largest absolute Gasteiger partial charge is 0.481 e. The van der Waals surface area contributed by atoms with E-state index in [1.165, 1.54) is 0 Å². The zero-order valence-corrected chi connectivity index (χ0v) is 12.9. The second-order valence-corrected chi connectivity index (χ2v) is 7.14. The molecular weight excluding hydrogens is 270 g/mol. The van der Waals surface area contributed by atoms with Crippen molar-refractivity contribution < 1.29 is 19.8 Å². The first-order valence-electron chi connectivity index (χ1n) is 8.02. The number of rotatable bonds is 6. The third kappa shape index (κ3) is 4.19. The molecule has 0 aromatic heterocycles. The summed E-state index contributed by atoms with van der Waals surface area (Å²) in [5.74, 6) is -0.847. The molecule has 0 heterocycles. The lowest BCUT2D eigenvalue weighted by Gasteiger charge is -2.32. The summed E-state index contributed by atoms with van der Waals surface area (Å²) in [7, 11) is 1.72. The molecule has 0 bridgehead atoms. The van der Waals surface area contributed by atoms with Gasteiger partial charge in [0.1, 0.15) is 0 Å². The Morgan fingerprint density at radius 1 is 1.00 bits per heavy atom. The third-order valence-electron chi connectivity index (χ3n) is 5.21. The Balaban J connectivity index is 1.93. The number of hydrogen-bond donors (Lipinski definition) is 2. The fourth-order valence-corrected chi connectivity index (χ4v) is 4.04. The summed E-state index contributed by atoms with van der Waals surface area (Å²) in [6, 6.07) is 0. The molecule has 2 aliphatic rings. The highest BCUT2D eigenvalue weighted by molar-refractivity contribution is 5.78. The number of carboxylic acid groups (broad SMARTS) is 1. The molecule has 0 unspecified atom stereocenters. The normalized spacial score (nSPS) is 23.1. The van der Waals surface area contributed by atoms with E-state index in [1.807, 2.05) is 0 Å². The average molecular weight is 297 g/mol. The van der Waals surface area contributed by atoms with E-state index in [0.717, 1.165) is 51.4 Å². The molecule has 2 rings (SSSR count). The summed E-state index contributed by atoms with van der Waals surface area (Å²) in [5, 5.41) is 19.5. The van der Waals surface area contributed by atoms with Crippen molar-refractivity contribution in [3.05, 3.63) is 0 Å². The molecular formula is C16H27NO4. The van der Waals surface area contributed by atoms with E-state index in [2.05, 4.69) is 0 Å². The molecule has 0 aliphatic heterocycles. The molecule has 2 N–H and O–H groups in total. The molecule has 5 nitrogen and oxygen atoms in total. The van der Waals surface area contributed by atoms with E-state index in [-0.39, 0.29) is 17.7 Å². The molecule has 120 valence electrons. The van der Waals surface area contributed by atoms with Crippen molar-refractivity contribution in [3.63, 3.8) is 0 Å². The quantitative estimate of drug-likeness (QED) is 0.787. The minimum atomic E-state index is -0.818. The van der Waals surface area contributed by atoms with Gasteiger partial charge in [0.05, 0.1) is 12.0 Å². The van der Waals surface area contributed by atoms with Crippen molar-refractivity contribution in [2.45, 2.75) is 69.8 Å². The Bertz CT molecular complexity index is 395. The monoisotopic (exact) mass is 297 g/mol. The number of amides is 1. The van der Waals surface area contributed by atoms with Gasteiger partial charge in [-0.3, -0.25) is 9.59 Å². The van der Waals surface area contributed by atoms with Crippen LogP contribution in [0.5, 0.6) is 0 Å². The molecule has 0 spiro atoms. The van der Waals surface area contributed by atoms with Crippen molar-refractivity contribution in [1.82, 2.24) is 4.90 Å². The summed E-state index contributed by atoms with van der Waals surface area (Å²) in [6.45, 7) is 0.370. The van der Waals surface area contributed by atoms with Crippen LogP contribution in [0.25, 0.3) is 0 Å². The van der Waals surface area contributed by atoms with Crippen LogP contribution in [0, 0.1) is 5.41 Å². The molecule has 2 saturated carbocycles. The summed E-state index contributed by atoms with van der Waals surface area (Å²) in [4.78, 5) is 25.1. The number of nitrogens with zero attached hydrogens (tertiary/aromatic N) is 1. The van der Waals surface area contributed by atoms with Crippen LogP contribution >= 0.6 is 0 Å². The van der Waals surface area contributed by atoms with Crippen LogP contribution in [-0.2, 0) is 9.59 Å². The molecule has 5 heteroatoms. The van der Waals surface area contributed by atoms with Gasteiger partial charge in [0.25, 0.3) is 0 Å². The van der Waals surface area contributed by atoms with Gasteiger partial charge >= 0.3 is 5.97 Å². The van der Waals surface area contributed by atoms with Gasteiger partial charge in [-0.2, -0.15) is 0 Å². The van der Waals surface area contributed by atoms with Gasteiger partial charge in [-0.1, -0.05) is 25.7 Å². The topological polar surface area (TPSA) is 77.8 Å². The Morgan fingerprint density at radius 2 is 1.52 bits per heavy atom. The smallest absolute Gasteiger partial charge is 0.303 e. The maximum absolute atomic E-state index is 12.4. The van der Waals surface area contributed by atoms with Crippen LogP contribution in [0.4, 0.5) is 0 Å². The number of carbonyl (C=O) groups is 2. The van der Waals surface area contributed by atoms with E-state index in [9.17, 15) is 14.7 Å². The van der Waals surface area contributed by atoms with Crippen molar-refractivity contribution >= 4 is 11.9 Å². The lowest BCUT2D eigenvalue weighted by molar-refractivity contribution is -0.142. The molecule has 0 aromatic rings. The number of aliphatic carboxylic acids is 1. The molecule has 0 atom stereocenters. The van der Waals surface area contributed by atoms with Crippen LogP contribution in [0.1, 0.15) is 64.2 Å². The fraction of sp³-hybridized carbons (Fsp3) is 0.875. The Labute approximate surface area is 126 Å². The van der Waals surface area contributed by atoms with Gasteiger partial charge in [0, 0.05) is 20.0 Å². The first kappa shape index (κ1) is 16.3. The zero-order valence-electron chi connectivity index (χ0n) is 12.9. The van der Waals surface area contributed by atoms with Crippen LogP contribution in [0.15, 0.2) is 0 Å². The molecule has 0 radical (unpaired) electrons. The second kappa shape index (κ2) is 6.34. The van der Waals surface area contributed by atoms with Crippen LogP contribution in [0.2, 0.25) is 0 Å². The maximum atomic E-state index is 12.4. The van der Waals surface area contributed by atoms with Crippen LogP contribution < -0.4 is 0 Å². The Kier molecular flexibility index (Phi) is 4.91. The fourth-order valence-electron chi connectivity index (χ4n) is 4.04.